The Morgan fingerprint density at radius 2 is 2.25 bits per heavy atom. The van der Waals surface area contributed by atoms with Crippen LogP contribution in [0.3, 0.4) is 0 Å². The third-order valence-electron chi connectivity index (χ3n) is 2.65. The molecule has 3 nitrogen and oxygen atoms in total. The van der Waals surface area contributed by atoms with Gasteiger partial charge in [0.1, 0.15) is 5.82 Å². The molecule has 1 aliphatic carbocycles. The lowest BCUT2D eigenvalue weighted by molar-refractivity contribution is -0.119. The van der Waals surface area contributed by atoms with Crippen molar-refractivity contribution in [2.75, 3.05) is 11.9 Å². The summed E-state index contributed by atoms with van der Waals surface area (Å²) in [6.07, 6.45) is 2.15. The molecular weight excluding hydrogens is 207 g/mol. The van der Waals surface area contributed by atoms with E-state index in [-0.39, 0.29) is 18.3 Å². The van der Waals surface area contributed by atoms with Gasteiger partial charge in [0.05, 0.1) is 6.54 Å². The van der Waals surface area contributed by atoms with Gasteiger partial charge in [-0.3, -0.25) is 4.79 Å². The van der Waals surface area contributed by atoms with E-state index >= 15 is 0 Å². The van der Waals surface area contributed by atoms with Gasteiger partial charge in [-0.1, -0.05) is 6.07 Å². The molecule has 0 heterocycles. The lowest BCUT2D eigenvalue weighted by Crippen LogP contribution is -2.31. The van der Waals surface area contributed by atoms with Gasteiger partial charge in [-0.25, -0.2) is 4.39 Å². The molecule has 2 rings (SSSR count). The quantitative estimate of drug-likeness (QED) is 0.816. The van der Waals surface area contributed by atoms with Crippen LogP contribution in [-0.4, -0.2) is 18.5 Å². The van der Waals surface area contributed by atoms with Crippen molar-refractivity contribution >= 4 is 11.6 Å². The summed E-state index contributed by atoms with van der Waals surface area (Å²) < 4.78 is 13.2. The average Bonchev–Trinajstić information content (AvgIpc) is 3.04. The van der Waals surface area contributed by atoms with Crippen LogP contribution in [0.25, 0.3) is 0 Å². The van der Waals surface area contributed by atoms with Gasteiger partial charge in [0.15, 0.2) is 0 Å². The molecule has 1 saturated carbocycles. The average molecular weight is 222 g/mol. The molecule has 0 bridgehead atoms. The Kier molecular flexibility index (Phi) is 3.08. The number of halogens is 1. The van der Waals surface area contributed by atoms with Crippen LogP contribution in [0.4, 0.5) is 10.1 Å². The van der Waals surface area contributed by atoms with E-state index in [1.807, 2.05) is 0 Å². The van der Waals surface area contributed by atoms with Gasteiger partial charge in [0, 0.05) is 17.3 Å². The highest BCUT2D eigenvalue weighted by molar-refractivity contribution is 5.81. The van der Waals surface area contributed by atoms with Gasteiger partial charge in [-0.2, -0.15) is 0 Å². The second kappa shape index (κ2) is 4.51. The van der Waals surface area contributed by atoms with Crippen molar-refractivity contribution < 1.29 is 9.18 Å². The summed E-state index contributed by atoms with van der Waals surface area (Å²) >= 11 is 0. The third kappa shape index (κ3) is 2.72. The maximum Gasteiger partial charge on any atom is 0.239 e. The lowest BCUT2D eigenvalue weighted by Gasteiger charge is -2.09. The molecule has 1 aromatic carbocycles. The van der Waals surface area contributed by atoms with E-state index in [1.165, 1.54) is 6.07 Å². The first-order chi connectivity index (χ1) is 7.66. The molecule has 0 radical (unpaired) electrons. The summed E-state index contributed by atoms with van der Waals surface area (Å²) in [5.41, 5.74) is 1.22. The maximum atomic E-state index is 13.2. The zero-order valence-corrected chi connectivity index (χ0v) is 9.22. The van der Waals surface area contributed by atoms with Crippen molar-refractivity contribution in [3.63, 3.8) is 0 Å². The van der Waals surface area contributed by atoms with Crippen molar-refractivity contribution in [3.8, 4) is 0 Å². The van der Waals surface area contributed by atoms with Crippen LogP contribution >= 0.6 is 0 Å². The van der Waals surface area contributed by atoms with E-state index in [4.69, 9.17) is 0 Å². The number of hydrogen-bond acceptors (Lipinski definition) is 2. The molecule has 0 saturated heterocycles. The molecular formula is C12H15FN2O. The standard InChI is InChI=1S/C12H15FN2O/c1-8-10(13)3-2-4-11(8)14-7-12(16)15-9-5-6-9/h2-4,9,14H,5-7H2,1H3,(H,15,16). The molecule has 2 N–H and O–H groups in total. The Labute approximate surface area is 94.0 Å². The molecule has 1 amide bonds. The second-order valence-electron chi connectivity index (χ2n) is 4.11. The number of anilines is 1. The molecule has 1 aromatic rings. The predicted octanol–water partition coefficient (Wildman–Crippen LogP) is 1.82. The molecule has 0 aromatic heterocycles. The molecule has 16 heavy (non-hydrogen) atoms. The number of carbonyl (C=O) groups excluding carboxylic acids is 1. The maximum absolute atomic E-state index is 13.2. The molecule has 86 valence electrons. The van der Waals surface area contributed by atoms with Gasteiger partial charge in [-0.15, -0.1) is 0 Å². The van der Waals surface area contributed by atoms with Crippen molar-refractivity contribution in [3.05, 3.63) is 29.6 Å². The first-order valence-corrected chi connectivity index (χ1v) is 5.45. The lowest BCUT2D eigenvalue weighted by atomic mass is 10.2. The molecule has 0 unspecified atom stereocenters. The molecule has 1 aliphatic rings. The van der Waals surface area contributed by atoms with Gasteiger partial charge in [0.25, 0.3) is 0 Å². The molecule has 0 spiro atoms. The van der Waals surface area contributed by atoms with Gasteiger partial charge in [-0.05, 0) is 31.9 Å². The minimum atomic E-state index is -0.257. The number of benzene rings is 1. The van der Waals surface area contributed by atoms with Crippen molar-refractivity contribution in [1.82, 2.24) is 5.32 Å². The van der Waals surface area contributed by atoms with Crippen molar-refractivity contribution in [2.45, 2.75) is 25.8 Å². The fourth-order valence-electron chi connectivity index (χ4n) is 1.48. The first kappa shape index (κ1) is 10.9. The van der Waals surface area contributed by atoms with Crippen LogP contribution < -0.4 is 10.6 Å². The van der Waals surface area contributed by atoms with Gasteiger partial charge in [0.2, 0.25) is 5.91 Å². The minimum absolute atomic E-state index is 0.0360. The Balaban J connectivity index is 1.88. The van der Waals surface area contributed by atoms with Crippen LogP contribution in [0, 0.1) is 12.7 Å². The van der Waals surface area contributed by atoms with Crippen LogP contribution in [0.1, 0.15) is 18.4 Å². The summed E-state index contributed by atoms with van der Waals surface area (Å²) in [5, 5.41) is 5.80. The normalized spacial score (nSPS) is 14.6. The highest BCUT2D eigenvalue weighted by Crippen LogP contribution is 2.19. The smallest absolute Gasteiger partial charge is 0.239 e. The van der Waals surface area contributed by atoms with E-state index in [2.05, 4.69) is 10.6 Å². The predicted molar refractivity (Wildman–Crippen MR) is 60.8 cm³/mol. The molecule has 4 heteroatoms. The number of hydrogen-bond donors (Lipinski definition) is 2. The Bertz CT molecular complexity index is 402. The summed E-state index contributed by atoms with van der Waals surface area (Å²) in [4.78, 5) is 11.4. The minimum Gasteiger partial charge on any atom is -0.376 e. The van der Waals surface area contributed by atoms with Crippen LogP contribution in [0.2, 0.25) is 0 Å². The Morgan fingerprint density at radius 1 is 1.50 bits per heavy atom. The number of rotatable bonds is 4. The van der Waals surface area contributed by atoms with Crippen molar-refractivity contribution in [2.24, 2.45) is 0 Å². The highest BCUT2D eigenvalue weighted by Gasteiger charge is 2.22. The Hall–Kier alpha value is -1.58. The van der Waals surface area contributed by atoms with Crippen LogP contribution in [0.15, 0.2) is 18.2 Å². The SMILES string of the molecule is Cc1c(F)cccc1NCC(=O)NC1CC1. The van der Waals surface area contributed by atoms with E-state index < -0.39 is 0 Å². The second-order valence-corrected chi connectivity index (χ2v) is 4.11. The largest absolute Gasteiger partial charge is 0.376 e. The zero-order chi connectivity index (χ0) is 11.5. The monoisotopic (exact) mass is 222 g/mol. The summed E-state index contributed by atoms with van der Waals surface area (Å²) in [6.45, 7) is 1.89. The number of nitrogens with one attached hydrogen (secondary N) is 2. The summed E-state index contributed by atoms with van der Waals surface area (Å²) in [7, 11) is 0. The van der Waals surface area contributed by atoms with Gasteiger partial charge >= 0.3 is 0 Å². The number of carbonyl (C=O) groups is 1. The highest BCUT2D eigenvalue weighted by atomic mass is 19.1. The Morgan fingerprint density at radius 3 is 2.94 bits per heavy atom. The summed E-state index contributed by atoms with van der Waals surface area (Å²) in [5.74, 6) is -0.293. The molecule has 0 atom stereocenters. The van der Waals surface area contributed by atoms with Crippen LogP contribution in [-0.2, 0) is 4.79 Å². The van der Waals surface area contributed by atoms with E-state index in [9.17, 15) is 9.18 Å². The molecule has 0 aliphatic heterocycles. The van der Waals surface area contributed by atoms with Crippen molar-refractivity contribution in [1.29, 1.82) is 0 Å². The van der Waals surface area contributed by atoms with E-state index in [0.717, 1.165) is 12.8 Å². The third-order valence-corrected chi connectivity index (χ3v) is 2.65. The van der Waals surface area contributed by atoms with E-state index in [1.54, 1.807) is 19.1 Å². The zero-order valence-electron chi connectivity index (χ0n) is 9.22. The summed E-state index contributed by atoms with van der Waals surface area (Å²) in [6, 6.07) is 5.17. The topological polar surface area (TPSA) is 41.1 Å². The van der Waals surface area contributed by atoms with E-state index in [0.29, 0.717) is 17.3 Å². The van der Waals surface area contributed by atoms with Gasteiger partial charge < -0.3 is 10.6 Å². The number of amides is 1. The molecule has 1 fully saturated rings. The first-order valence-electron chi connectivity index (χ1n) is 5.45. The fraction of sp³-hybridized carbons (Fsp3) is 0.417. The fourth-order valence-corrected chi connectivity index (χ4v) is 1.48. The van der Waals surface area contributed by atoms with Crippen LogP contribution in [0.5, 0.6) is 0 Å².